The number of aliphatic hydroxyl groups is 1. The Morgan fingerprint density at radius 2 is 2.13 bits per heavy atom. The maximum Gasteiger partial charge on any atom is 0.223 e. The molecule has 1 rings (SSSR count). The van der Waals surface area contributed by atoms with E-state index in [1.807, 2.05) is 0 Å². The van der Waals surface area contributed by atoms with Gasteiger partial charge in [0.05, 0.1) is 5.60 Å². The van der Waals surface area contributed by atoms with Gasteiger partial charge in [0.2, 0.25) is 5.89 Å². The van der Waals surface area contributed by atoms with E-state index in [0.29, 0.717) is 5.89 Å². The molecule has 0 amide bonds. The molecule has 0 aliphatic carbocycles. The Morgan fingerprint density at radius 3 is 2.67 bits per heavy atom. The van der Waals surface area contributed by atoms with Gasteiger partial charge in [-0.3, -0.25) is 0 Å². The van der Waals surface area contributed by atoms with Crippen LogP contribution >= 0.6 is 0 Å². The van der Waals surface area contributed by atoms with E-state index >= 15 is 0 Å². The lowest BCUT2D eigenvalue weighted by molar-refractivity contribution is 0.0713. The lowest BCUT2D eigenvalue weighted by Crippen LogP contribution is -2.27. The van der Waals surface area contributed by atoms with Crippen LogP contribution in [-0.4, -0.2) is 33.9 Å². The minimum absolute atomic E-state index is 0.599. The van der Waals surface area contributed by atoms with E-state index in [-0.39, 0.29) is 0 Å². The summed E-state index contributed by atoms with van der Waals surface area (Å²) in [7, 11) is 0. The average Bonchev–Trinajstić information content (AvgIpc) is 2.49. The molecule has 0 aromatic carbocycles. The van der Waals surface area contributed by atoms with E-state index in [1.54, 1.807) is 20.8 Å². The van der Waals surface area contributed by atoms with Crippen LogP contribution in [0.15, 0.2) is 4.52 Å². The zero-order chi connectivity index (χ0) is 11.3. The molecule has 0 saturated heterocycles. The van der Waals surface area contributed by atoms with Gasteiger partial charge in [-0.05, 0) is 26.8 Å². The van der Waals surface area contributed by atoms with Crippen LogP contribution in [0.5, 0.6) is 0 Å². The minimum Gasteiger partial charge on any atom is -0.390 e. The fraction of sp³-hybridized carbons (Fsp3) is 0.800. The topological polar surface area (TPSA) is 71.2 Å². The molecule has 0 fully saturated rings. The molecule has 86 valence electrons. The Morgan fingerprint density at radius 1 is 1.40 bits per heavy atom. The molecule has 0 aliphatic rings. The highest BCUT2D eigenvalue weighted by Gasteiger charge is 2.10. The van der Waals surface area contributed by atoms with Crippen molar-refractivity contribution < 1.29 is 9.63 Å². The van der Waals surface area contributed by atoms with Gasteiger partial charge in [0.15, 0.2) is 5.82 Å². The van der Waals surface area contributed by atoms with Crippen LogP contribution in [0.2, 0.25) is 0 Å². The molecule has 0 spiro atoms. The molecule has 5 heteroatoms. The predicted molar refractivity (Wildman–Crippen MR) is 56.5 cm³/mol. The quantitative estimate of drug-likeness (QED) is 0.680. The number of aromatic nitrogens is 2. The summed E-state index contributed by atoms with van der Waals surface area (Å²) >= 11 is 0. The number of nitrogens with zero attached hydrogens (tertiary/aromatic N) is 2. The van der Waals surface area contributed by atoms with Gasteiger partial charge < -0.3 is 14.9 Å². The van der Waals surface area contributed by atoms with E-state index in [9.17, 15) is 5.11 Å². The second kappa shape index (κ2) is 5.23. The number of aryl methyl sites for hydroxylation is 1. The molecule has 0 radical (unpaired) electrons. The molecule has 15 heavy (non-hydrogen) atoms. The third-order valence-electron chi connectivity index (χ3n) is 2.01. The van der Waals surface area contributed by atoms with Crippen molar-refractivity contribution in [2.75, 3.05) is 13.1 Å². The van der Waals surface area contributed by atoms with Crippen molar-refractivity contribution in [3.8, 4) is 0 Å². The van der Waals surface area contributed by atoms with Crippen molar-refractivity contribution in [1.29, 1.82) is 0 Å². The summed E-state index contributed by atoms with van der Waals surface area (Å²) in [5.74, 6) is 1.32. The van der Waals surface area contributed by atoms with E-state index in [4.69, 9.17) is 4.52 Å². The minimum atomic E-state index is -0.601. The maximum atomic E-state index is 9.46. The van der Waals surface area contributed by atoms with Crippen LogP contribution < -0.4 is 5.32 Å². The molecule has 1 aromatic rings. The Labute approximate surface area is 89.9 Å². The Kier molecular flexibility index (Phi) is 4.23. The monoisotopic (exact) mass is 213 g/mol. The summed E-state index contributed by atoms with van der Waals surface area (Å²) in [4.78, 5) is 4.09. The van der Waals surface area contributed by atoms with Gasteiger partial charge in [-0.2, -0.15) is 4.98 Å². The molecular formula is C10H19N3O2. The zero-order valence-corrected chi connectivity index (χ0v) is 9.58. The van der Waals surface area contributed by atoms with Crippen LogP contribution in [0.3, 0.4) is 0 Å². The summed E-state index contributed by atoms with van der Waals surface area (Å²) in [6.45, 7) is 6.97. The Balaban J connectivity index is 2.07. The van der Waals surface area contributed by atoms with E-state index < -0.39 is 5.60 Å². The van der Waals surface area contributed by atoms with E-state index in [1.165, 1.54) is 0 Å². The molecular weight excluding hydrogens is 194 g/mol. The van der Waals surface area contributed by atoms with Gasteiger partial charge in [-0.1, -0.05) is 5.16 Å². The fourth-order valence-electron chi connectivity index (χ4n) is 1.16. The highest BCUT2D eigenvalue weighted by atomic mass is 16.5. The van der Waals surface area contributed by atoms with Crippen LogP contribution in [-0.2, 0) is 6.42 Å². The summed E-state index contributed by atoms with van der Waals surface area (Å²) in [6, 6.07) is 0. The first-order chi connectivity index (χ1) is 6.97. The van der Waals surface area contributed by atoms with Gasteiger partial charge in [-0.25, -0.2) is 0 Å². The second-order valence-corrected chi connectivity index (χ2v) is 4.29. The molecule has 0 atom stereocenters. The number of rotatable bonds is 6. The predicted octanol–water partition coefficient (Wildman–Crippen LogP) is 0.671. The molecule has 5 nitrogen and oxygen atoms in total. The first-order valence-corrected chi connectivity index (χ1v) is 5.20. The molecule has 0 unspecified atom stereocenters. The Hall–Kier alpha value is -0.940. The van der Waals surface area contributed by atoms with Crippen LogP contribution in [0.25, 0.3) is 0 Å². The van der Waals surface area contributed by atoms with E-state index in [0.717, 1.165) is 31.8 Å². The molecule has 0 aliphatic heterocycles. The van der Waals surface area contributed by atoms with Crippen molar-refractivity contribution in [2.45, 2.75) is 39.2 Å². The zero-order valence-electron chi connectivity index (χ0n) is 9.58. The Bertz CT molecular complexity index is 291. The van der Waals surface area contributed by atoms with Crippen LogP contribution in [0.4, 0.5) is 0 Å². The molecule has 0 bridgehead atoms. The van der Waals surface area contributed by atoms with Gasteiger partial charge >= 0.3 is 0 Å². The summed E-state index contributed by atoms with van der Waals surface area (Å²) in [6.07, 6.45) is 1.49. The molecule has 1 heterocycles. The largest absolute Gasteiger partial charge is 0.390 e. The van der Waals surface area contributed by atoms with Crippen molar-refractivity contribution in [3.63, 3.8) is 0 Å². The van der Waals surface area contributed by atoms with Gasteiger partial charge in [0, 0.05) is 19.9 Å². The molecule has 0 saturated carbocycles. The fourth-order valence-corrected chi connectivity index (χ4v) is 1.16. The number of hydrogen-bond acceptors (Lipinski definition) is 5. The molecule has 1 aromatic heterocycles. The van der Waals surface area contributed by atoms with Crippen LogP contribution in [0.1, 0.15) is 32.0 Å². The maximum absolute atomic E-state index is 9.46. The van der Waals surface area contributed by atoms with Crippen molar-refractivity contribution in [3.05, 3.63) is 11.7 Å². The summed E-state index contributed by atoms with van der Waals surface area (Å²) in [5.41, 5.74) is -0.601. The lowest BCUT2D eigenvalue weighted by atomic mass is 10.1. The summed E-state index contributed by atoms with van der Waals surface area (Å²) in [5, 5.41) is 16.5. The van der Waals surface area contributed by atoms with Crippen molar-refractivity contribution in [2.24, 2.45) is 0 Å². The standard InChI is InChI=1S/C10H19N3O2/c1-8-12-9(13-15-8)4-6-11-7-5-10(2,3)14/h11,14H,4-7H2,1-3H3. The normalized spacial score (nSPS) is 12.0. The van der Waals surface area contributed by atoms with Crippen molar-refractivity contribution >= 4 is 0 Å². The number of hydrogen-bond donors (Lipinski definition) is 2. The SMILES string of the molecule is Cc1nc(CCNCCC(C)(C)O)no1. The van der Waals surface area contributed by atoms with Crippen molar-refractivity contribution in [1.82, 2.24) is 15.5 Å². The number of nitrogens with one attached hydrogen (secondary N) is 1. The van der Waals surface area contributed by atoms with Gasteiger partial charge in [-0.15, -0.1) is 0 Å². The lowest BCUT2D eigenvalue weighted by Gasteiger charge is -2.16. The smallest absolute Gasteiger partial charge is 0.223 e. The highest BCUT2D eigenvalue weighted by molar-refractivity contribution is 4.84. The average molecular weight is 213 g/mol. The molecule has 2 N–H and O–H groups in total. The third-order valence-corrected chi connectivity index (χ3v) is 2.01. The van der Waals surface area contributed by atoms with Gasteiger partial charge in [0.25, 0.3) is 0 Å². The van der Waals surface area contributed by atoms with E-state index in [2.05, 4.69) is 15.5 Å². The third kappa shape index (κ3) is 5.49. The second-order valence-electron chi connectivity index (χ2n) is 4.29. The first kappa shape index (κ1) is 12.1. The van der Waals surface area contributed by atoms with Crippen LogP contribution in [0, 0.1) is 6.92 Å². The summed E-state index contributed by atoms with van der Waals surface area (Å²) < 4.78 is 4.85. The first-order valence-electron chi connectivity index (χ1n) is 5.20. The highest BCUT2D eigenvalue weighted by Crippen LogP contribution is 2.04. The van der Waals surface area contributed by atoms with Gasteiger partial charge in [0.1, 0.15) is 0 Å².